The highest BCUT2D eigenvalue weighted by Crippen LogP contribution is 2.51. The Morgan fingerprint density at radius 2 is 1.88 bits per heavy atom. The standard InChI is InChI=1S/C17H31N3O3.HI/c1-11-9-20(10-12(11)14(21)22-6)15(18-5)19-13-8-17(4,23-7)16(13,2)3;/h11-13H,8-10H2,1-7H3,(H,18,19);1H. The van der Waals surface area contributed by atoms with Crippen molar-refractivity contribution in [3.63, 3.8) is 0 Å². The summed E-state index contributed by atoms with van der Waals surface area (Å²) in [6.45, 7) is 10.1. The summed E-state index contributed by atoms with van der Waals surface area (Å²) < 4.78 is 10.6. The maximum Gasteiger partial charge on any atom is 0.310 e. The zero-order valence-corrected chi connectivity index (χ0v) is 18.2. The largest absolute Gasteiger partial charge is 0.469 e. The molecule has 0 spiro atoms. The number of nitrogens with one attached hydrogen (secondary N) is 1. The van der Waals surface area contributed by atoms with E-state index in [9.17, 15) is 4.79 Å². The van der Waals surface area contributed by atoms with E-state index in [1.165, 1.54) is 7.11 Å². The first kappa shape index (κ1) is 21.5. The van der Waals surface area contributed by atoms with Crippen molar-refractivity contribution in [3.8, 4) is 0 Å². The van der Waals surface area contributed by atoms with Gasteiger partial charge in [-0.05, 0) is 19.3 Å². The number of likely N-dealkylation sites (tertiary alicyclic amines) is 1. The number of carbonyl (C=O) groups excluding carboxylic acids is 1. The maximum atomic E-state index is 11.9. The molecular weight excluding hydrogens is 421 g/mol. The first-order chi connectivity index (χ1) is 10.7. The molecule has 7 heteroatoms. The van der Waals surface area contributed by atoms with Gasteiger partial charge in [-0.25, -0.2) is 0 Å². The van der Waals surface area contributed by atoms with Gasteiger partial charge in [-0.2, -0.15) is 0 Å². The number of aliphatic imine (C=N–C) groups is 1. The molecule has 24 heavy (non-hydrogen) atoms. The summed E-state index contributed by atoms with van der Waals surface area (Å²) in [6.07, 6.45) is 0.944. The molecule has 4 unspecified atom stereocenters. The summed E-state index contributed by atoms with van der Waals surface area (Å²) in [7, 11) is 5.02. The Bertz CT molecular complexity index is 497. The predicted octanol–water partition coefficient (Wildman–Crippen LogP) is 2.12. The van der Waals surface area contributed by atoms with Crippen LogP contribution in [-0.2, 0) is 14.3 Å². The molecule has 4 atom stereocenters. The van der Waals surface area contributed by atoms with E-state index >= 15 is 0 Å². The van der Waals surface area contributed by atoms with Gasteiger partial charge in [0.25, 0.3) is 0 Å². The van der Waals surface area contributed by atoms with E-state index in [2.05, 4.69) is 42.9 Å². The van der Waals surface area contributed by atoms with E-state index in [-0.39, 0.29) is 52.8 Å². The lowest BCUT2D eigenvalue weighted by Crippen LogP contribution is -2.69. The van der Waals surface area contributed by atoms with E-state index in [1.807, 2.05) is 0 Å². The normalized spacial score (nSPS) is 35.0. The van der Waals surface area contributed by atoms with Gasteiger partial charge in [0.05, 0.1) is 18.6 Å². The molecule has 0 amide bonds. The van der Waals surface area contributed by atoms with Gasteiger partial charge in [0.15, 0.2) is 5.96 Å². The lowest BCUT2D eigenvalue weighted by atomic mass is 9.56. The number of ether oxygens (including phenoxy) is 2. The topological polar surface area (TPSA) is 63.2 Å². The molecule has 0 radical (unpaired) electrons. The Morgan fingerprint density at radius 3 is 2.33 bits per heavy atom. The van der Waals surface area contributed by atoms with Crippen LogP contribution >= 0.6 is 24.0 Å². The number of hydrogen-bond acceptors (Lipinski definition) is 4. The zero-order valence-electron chi connectivity index (χ0n) is 15.9. The molecule has 1 saturated carbocycles. The van der Waals surface area contributed by atoms with E-state index in [1.54, 1.807) is 14.2 Å². The number of esters is 1. The third-order valence-corrected chi connectivity index (χ3v) is 6.21. The Hall–Kier alpha value is -0.570. The van der Waals surface area contributed by atoms with Gasteiger partial charge >= 0.3 is 5.97 Å². The van der Waals surface area contributed by atoms with Crippen LogP contribution in [0.2, 0.25) is 0 Å². The molecule has 1 heterocycles. The number of methoxy groups -OCH3 is 2. The van der Waals surface area contributed by atoms with E-state index in [4.69, 9.17) is 9.47 Å². The lowest BCUT2D eigenvalue weighted by molar-refractivity contribution is -0.176. The average molecular weight is 453 g/mol. The number of halogens is 1. The fraction of sp³-hybridized carbons (Fsp3) is 0.882. The minimum Gasteiger partial charge on any atom is -0.469 e. The van der Waals surface area contributed by atoms with Crippen molar-refractivity contribution >= 4 is 35.9 Å². The van der Waals surface area contributed by atoms with Gasteiger partial charge in [-0.15, -0.1) is 24.0 Å². The second kappa shape index (κ2) is 7.76. The number of nitrogens with zero attached hydrogens (tertiary/aromatic N) is 2. The van der Waals surface area contributed by atoms with Crippen molar-refractivity contribution in [2.45, 2.75) is 45.8 Å². The molecule has 1 aliphatic heterocycles. The number of carbonyl (C=O) groups is 1. The smallest absolute Gasteiger partial charge is 0.310 e. The Kier molecular flexibility index (Phi) is 6.94. The molecule has 2 rings (SSSR count). The second-order valence-electron chi connectivity index (χ2n) is 7.62. The van der Waals surface area contributed by atoms with Crippen molar-refractivity contribution in [1.82, 2.24) is 10.2 Å². The van der Waals surface area contributed by atoms with E-state index in [0.717, 1.165) is 18.9 Å². The number of guanidine groups is 1. The molecule has 2 aliphatic rings. The summed E-state index contributed by atoms with van der Waals surface area (Å²) in [5.41, 5.74) is -0.0961. The molecular formula is C17H32IN3O3. The molecule has 1 saturated heterocycles. The third-order valence-electron chi connectivity index (χ3n) is 6.21. The van der Waals surface area contributed by atoms with Crippen molar-refractivity contribution in [3.05, 3.63) is 0 Å². The Morgan fingerprint density at radius 1 is 1.25 bits per heavy atom. The van der Waals surface area contributed by atoms with E-state index < -0.39 is 0 Å². The highest BCUT2D eigenvalue weighted by molar-refractivity contribution is 14.0. The van der Waals surface area contributed by atoms with Crippen molar-refractivity contribution < 1.29 is 14.3 Å². The summed E-state index contributed by atoms with van der Waals surface area (Å²) in [6, 6.07) is 0.304. The molecule has 1 aliphatic carbocycles. The van der Waals surface area contributed by atoms with Crippen LogP contribution < -0.4 is 5.32 Å². The SMILES string of the molecule is CN=C(NC1CC(C)(OC)C1(C)C)N1CC(C)C(C(=O)OC)C1.I. The van der Waals surface area contributed by atoms with Crippen LogP contribution in [0.1, 0.15) is 34.1 Å². The summed E-state index contributed by atoms with van der Waals surface area (Å²) >= 11 is 0. The second-order valence-corrected chi connectivity index (χ2v) is 7.62. The van der Waals surface area contributed by atoms with Gasteiger partial charge in [0.1, 0.15) is 0 Å². The van der Waals surface area contributed by atoms with Crippen LogP contribution in [0, 0.1) is 17.3 Å². The van der Waals surface area contributed by atoms with Crippen LogP contribution in [0.3, 0.4) is 0 Å². The van der Waals surface area contributed by atoms with E-state index in [0.29, 0.717) is 12.6 Å². The summed E-state index contributed by atoms with van der Waals surface area (Å²) in [4.78, 5) is 18.5. The van der Waals surface area contributed by atoms with Crippen molar-refractivity contribution in [2.75, 3.05) is 34.4 Å². The molecule has 2 fully saturated rings. The van der Waals surface area contributed by atoms with Gasteiger partial charge < -0.3 is 19.7 Å². The first-order valence-corrected chi connectivity index (χ1v) is 8.31. The van der Waals surface area contributed by atoms with Crippen molar-refractivity contribution in [1.29, 1.82) is 0 Å². The monoisotopic (exact) mass is 453 g/mol. The Labute approximate surface area is 162 Å². The average Bonchev–Trinajstić information content (AvgIpc) is 2.91. The molecule has 6 nitrogen and oxygen atoms in total. The zero-order chi connectivity index (χ0) is 17.4. The van der Waals surface area contributed by atoms with Gasteiger partial charge in [0.2, 0.25) is 0 Å². The van der Waals surface area contributed by atoms with Crippen LogP contribution in [0.4, 0.5) is 0 Å². The molecule has 0 aromatic rings. The maximum absolute atomic E-state index is 11.9. The van der Waals surface area contributed by atoms with Gasteiger partial charge in [0, 0.05) is 38.7 Å². The first-order valence-electron chi connectivity index (χ1n) is 8.31. The Balaban J connectivity index is 0.00000288. The van der Waals surface area contributed by atoms with Crippen LogP contribution in [0.15, 0.2) is 4.99 Å². The quantitative estimate of drug-likeness (QED) is 0.307. The van der Waals surface area contributed by atoms with Gasteiger partial charge in [-0.1, -0.05) is 20.8 Å². The highest BCUT2D eigenvalue weighted by Gasteiger charge is 2.58. The highest BCUT2D eigenvalue weighted by atomic mass is 127. The van der Waals surface area contributed by atoms with Gasteiger partial charge in [-0.3, -0.25) is 9.79 Å². The minimum absolute atomic E-state index is 0. The fourth-order valence-electron chi connectivity index (χ4n) is 3.77. The molecule has 140 valence electrons. The molecule has 0 aromatic heterocycles. The number of hydrogen-bond donors (Lipinski definition) is 1. The van der Waals surface area contributed by atoms with Crippen LogP contribution in [0.25, 0.3) is 0 Å². The van der Waals surface area contributed by atoms with Crippen molar-refractivity contribution in [2.24, 2.45) is 22.2 Å². The fourth-order valence-corrected chi connectivity index (χ4v) is 3.77. The van der Waals surface area contributed by atoms with Crippen LogP contribution in [0.5, 0.6) is 0 Å². The minimum atomic E-state index is -0.133. The number of rotatable bonds is 3. The molecule has 1 N–H and O–H groups in total. The molecule has 0 bridgehead atoms. The lowest BCUT2D eigenvalue weighted by Gasteiger charge is -2.59. The van der Waals surface area contributed by atoms with Crippen LogP contribution in [-0.4, -0.2) is 62.8 Å². The molecule has 0 aromatic carbocycles. The predicted molar refractivity (Wildman–Crippen MR) is 106 cm³/mol. The summed E-state index contributed by atoms with van der Waals surface area (Å²) in [5, 5.41) is 3.57. The summed E-state index contributed by atoms with van der Waals surface area (Å²) in [5.74, 6) is 0.905. The third kappa shape index (κ3) is 3.52.